The van der Waals surface area contributed by atoms with Gasteiger partial charge in [-0.1, -0.05) is 18.2 Å². The van der Waals surface area contributed by atoms with Crippen LogP contribution in [0.15, 0.2) is 67.3 Å². The second-order valence-corrected chi connectivity index (χ2v) is 7.04. The normalized spacial score (nSPS) is 20.0. The number of aromatic nitrogens is 3. The topological polar surface area (TPSA) is 83.3 Å². The van der Waals surface area contributed by atoms with E-state index in [0.29, 0.717) is 25.1 Å². The molecule has 4 rings (SSSR count). The first kappa shape index (κ1) is 18.3. The molecule has 0 saturated carbocycles. The van der Waals surface area contributed by atoms with Gasteiger partial charge in [-0.25, -0.2) is 4.68 Å². The number of rotatable bonds is 5. The number of aliphatic hydroxyl groups is 1. The number of nitrogens with one attached hydrogen (secondary N) is 1. The third-order valence-corrected chi connectivity index (χ3v) is 4.97. The molecule has 3 aromatic rings. The summed E-state index contributed by atoms with van der Waals surface area (Å²) in [7, 11) is 0. The number of benzene rings is 1. The molecule has 1 aliphatic heterocycles. The van der Waals surface area contributed by atoms with E-state index in [2.05, 4.69) is 20.3 Å². The van der Waals surface area contributed by atoms with Crippen molar-refractivity contribution < 1.29 is 9.90 Å². The number of hydrogen-bond acceptors (Lipinski definition) is 5. The Hall–Kier alpha value is -3.03. The van der Waals surface area contributed by atoms with E-state index in [0.717, 1.165) is 17.8 Å². The van der Waals surface area contributed by atoms with Crippen molar-refractivity contribution in [1.82, 2.24) is 25.0 Å². The van der Waals surface area contributed by atoms with Gasteiger partial charge in [-0.2, -0.15) is 5.10 Å². The molecule has 0 unspecified atom stereocenters. The van der Waals surface area contributed by atoms with E-state index >= 15 is 0 Å². The number of pyridine rings is 1. The molecule has 1 aromatic carbocycles. The number of hydrogen-bond donors (Lipinski definition) is 2. The van der Waals surface area contributed by atoms with E-state index in [1.807, 2.05) is 47.4 Å². The van der Waals surface area contributed by atoms with Crippen LogP contribution in [-0.2, 0) is 6.54 Å². The minimum absolute atomic E-state index is 0.199. The summed E-state index contributed by atoms with van der Waals surface area (Å²) in [6.45, 7) is 2.02. The van der Waals surface area contributed by atoms with Crippen molar-refractivity contribution in [2.45, 2.75) is 25.1 Å². The summed E-state index contributed by atoms with van der Waals surface area (Å²) in [4.78, 5) is 18.4. The molecule has 7 nitrogen and oxygen atoms in total. The quantitative estimate of drug-likeness (QED) is 0.706. The molecule has 2 N–H and O–H groups in total. The molecule has 144 valence electrons. The van der Waals surface area contributed by atoms with Gasteiger partial charge in [0.05, 0.1) is 29.6 Å². The average molecular weight is 377 g/mol. The van der Waals surface area contributed by atoms with Gasteiger partial charge >= 0.3 is 0 Å². The summed E-state index contributed by atoms with van der Waals surface area (Å²) in [5.41, 5.74) is 2.62. The molecule has 3 heterocycles. The zero-order chi connectivity index (χ0) is 19.3. The SMILES string of the molecule is O=C(N[C@@H]1CCN(Cc2cnn(-c3ccccc3)c2)C[C@H]1O)c1cccnc1. The average Bonchev–Trinajstić information content (AvgIpc) is 3.20. The Morgan fingerprint density at radius 1 is 1.18 bits per heavy atom. The summed E-state index contributed by atoms with van der Waals surface area (Å²) in [5, 5.41) is 17.8. The lowest BCUT2D eigenvalue weighted by atomic mass is 10.0. The van der Waals surface area contributed by atoms with Gasteiger partial charge in [0.15, 0.2) is 0 Å². The highest BCUT2D eigenvalue weighted by Gasteiger charge is 2.29. The van der Waals surface area contributed by atoms with Crippen molar-refractivity contribution in [3.63, 3.8) is 0 Å². The number of β-amino-alcohol motifs (C(OH)–C–C–N with tert-alkyl or cyclic N) is 1. The zero-order valence-corrected chi connectivity index (χ0v) is 15.5. The molecule has 1 aliphatic rings. The Balaban J connectivity index is 1.32. The minimum Gasteiger partial charge on any atom is -0.390 e. The highest BCUT2D eigenvalue weighted by molar-refractivity contribution is 5.94. The van der Waals surface area contributed by atoms with Gasteiger partial charge in [-0.15, -0.1) is 0 Å². The van der Waals surface area contributed by atoms with E-state index < -0.39 is 6.10 Å². The fraction of sp³-hybridized carbons (Fsp3) is 0.286. The van der Waals surface area contributed by atoms with Crippen LogP contribution >= 0.6 is 0 Å². The van der Waals surface area contributed by atoms with E-state index in [-0.39, 0.29) is 11.9 Å². The van der Waals surface area contributed by atoms with Crippen molar-refractivity contribution in [2.24, 2.45) is 0 Å². The van der Waals surface area contributed by atoms with Crippen LogP contribution in [0.1, 0.15) is 22.3 Å². The first-order chi connectivity index (χ1) is 13.7. The van der Waals surface area contributed by atoms with Gasteiger partial charge in [-0.3, -0.25) is 14.7 Å². The molecule has 0 bridgehead atoms. The fourth-order valence-corrected chi connectivity index (χ4v) is 3.48. The fourth-order valence-electron chi connectivity index (χ4n) is 3.48. The molecular weight excluding hydrogens is 354 g/mol. The smallest absolute Gasteiger partial charge is 0.253 e. The molecule has 2 atom stereocenters. The van der Waals surface area contributed by atoms with E-state index in [9.17, 15) is 9.90 Å². The van der Waals surface area contributed by atoms with Crippen LogP contribution in [0.2, 0.25) is 0 Å². The maximum absolute atomic E-state index is 12.3. The number of nitrogens with zero attached hydrogens (tertiary/aromatic N) is 4. The number of carbonyl (C=O) groups is 1. The summed E-state index contributed by atoms with van der Waals surface area (Å²) in [5.74, 6) is -0.199. The summed E-state index contributed by atoms with van der Waals surface area (Å²) in [6, 6.07) is 13.2. The number of para-hydroxylation sites is 1. The third-order valence-electron chi connectivity index (χ3n) is 4.97. The molecule has 28 heavy (non-hydrogen) atoms. The van der Waals surface area contributed by atoms with Crippen LogP contribution in [0.4, 0.5) is 0 Å². The highest BCUT2D eigenvalue weighted by atomic mass is 16.3. The second kappa shape index (κ2) is 8.33. The highest BCUT2D eigenvalue weighted by Crippen LogP contribution is 2.16. The van der Waals surface area contributed by atoms with Crippen LogP contribution in [0.5, 0.6) is 0 Å². The molecule has 1 amide bonds. The molecule has 1 fully saturated rings. The second-order valence-electron chi connectivity index (χ2n) is 7.04. The van der Waals surface area contributed by atoms with Crippen LogP contribution in [0.3, 0.4) is 0 Å². The number of aliphatic hydroxyl groups excluding tert-OH is 1. The Morgan fingerprint density at radius 3 is 2.79 bits per heavy atom. The van der Waals surface area contributed by atoms with Gasteiger partial charge in [0.1, 0.15) is 0 Å². The lowest BCUT2D eigenvalue weighted by Gasteiger charge is -2.36. The minimum atomic E-state index is -0.612. The predicted molar refractivity (Wildman–Crippen MR) is 105 cm³/mol. The molecule has 2 aromatic heterocycles. The van der Waals surface area contributed by atoms with Crippen molar-refractivity contribution in [1.29, 1.82) is 0 Å². The zero-order valence-electron chi connectivity index (χ0n) is 15.5. The number of amides is 1. The van der Waals surface area contributed by atoms with E-state index in [1.54, 1.807) is 18.3 Å². The van der Waals surface area contributed by atoms with Crippen LogP contribution in [-0.4, -0.2) is 55.9 Å². The molecule has 0 radical (unpaired) electrons. The van der Waals surface area contributed by atoms with Crippen molar-refractivity contribution >= 4 is 5.91 Å². The van der Waals surface area contributed by atoms with Gasteiger partial charge < -0.3 is 10.4 Å². The first-order valence-corrected chi connectivity index (χ1v) is 9.39. The molecular formula is C21H23N5O2. The number of carbonyl (C=O) groups excluding carboxylic acids is 1. The summed E-state index contributed by atoms with van der Waals surface area (Å²) in [6.07, 6.45) is 7.11. The van der Waals surface area contributed by atoms with Crippen LogP contribution in [0, 0.1) is 0 Å². The van der Waals surface area contributed by atoms with Gasteiger partial charge in [0.25, 0.3) is 5.91 Å². The first-order valence-electron chi connectivity index (χ1n) is 9.39. The monoisotopic (exact) mass is 377 g/mol. The predicted octanol–water partition coefficient (Wildman–Crippen LogP) is 1.63. The standard InChI is InChI=1S/C21H23N5O2/c27-20-15-25(10-8-19(20)24-21(28)17-5-4-9-22-12-17)13-16-11-23-26(14-16)18-6-2-1-3-7-18/h1-7,9,11-12,14,19-20,27H,8,10,13,15H2,(H,24,28)/t19-,20-/m1/s1. The summed E-state index contributed by atoms with van der Waals surface area (Å²) >= 11 is 0. The molecule has 0 aliphatic carbocycles. The van der Waals surface area contributed by atoms with Crippen LogP contribution in [0.25, 0.3) is 5.69 Å². The number of piperidine rings is 1. The summed E-state index contributed by atoms with van der Waals surface area (Å²) < 4.78 is 1.85. The molecule has 0 spiro atoms. The Morgan fingerprint density at radius 2 is 2.04 bits per heavy atom. The molecule has 7 heteroatoms. The maximum Gasteiger partial charge on any atom is 0.253 e. The lowest BCUT2D eigenvalue weighted by molar-refractivity contribution is 0.0349. The van der Waals surface area contributed by atoms with Gasteiger partial charge in [0, 0.05) is 43.8 Å². The molecule has 1 saturated heterocycles. The van der Waals surface area contributed by atoms with Crippen molar-refractivity contribution in [3.05, 3.63) is 78.4 Å². The van der Waals surface area contributed by atoms with Crippen molar-refractivity contribution in [2.75, 3.05) is 13.1 Å². The maximum atomic E-state index is 12.3. The largest absolute Gasteiger partial charge is 0.390 e. The Labute approximate surface area is 163 Å². The van der Waals surface area contributed by atoms with Gasteiger partial charge in [-0.05, 0) is 30.7 Å². The van der Waals surface area contributed by atoms with Crippen LogP contribution < -0.4 is 5.32 Å². The lowest BCUT2D eigenvalue weighted by Crippen LogP contribution is -2.53. The Kier molecular flexibility index (Phi) is 5.45. The Bertz CT molecular complexity index is 913. The van der Waals surface area contributed by atoms with E-state index in [4.69, 9.17) is 0 Å². The van der Waals surface area contributed by atoms with Crippen molar-refractivity contribution in [3.8, 4) is 5.69 Å². The third kappa shape index (κ3) is 4.27. The van der Waals surface area contributed by atoms with Gasteiger partial charge in [0.2, 0.25) is 0 Å². The van der Waals surface area contributed by atoms with E-state index in [1.165, 1.54) is 6.20 Å². The number of likely N-dealkylation sites (tertiary alicyclic amines) is 1.